The van der Waals surface area contributed by atoms with Gasteiger partial charge in [0.2, 0.25) is 0 Å². The number of carbonyl (C=O) groups is 1. The second kappa shape index (κ2) is 8.99. The summed E-state index contributed by atoms with van der Waals surface area (Å²) in [4.78, 5) is 14.1. The summed E-state index contributed by atoms with van der Waals surface area (Å²) in [5.74, 6) is -0.0199. The molecule has 0 aliphatic carbocycles. The molecule has 5 nitrogen and oxygen atoms in total. The molecule has 0 aliphatic rings. The molecule has 3 rings (SSSR count). The number of fused-ring (bicyclic) bond motifs is 1. The number of benzene rings is 1. The Bertz CT molecular complexity index is 828. The molecule has 0 saturated heterocycles. The molecule has 0 fully saturated rings. The van der Waals surface area contributed by atoms with Crippen LogP contribution in [-0.2, 0) is 0 Å². The average molecular weight is 379 g/mol. The number of hydrogen-bond donors (Lipinski definition) is 2. The Kier molecular flexibility index (Phi) is 6.99. The Morgan fingerprint density at radius 3 is 2.68 bits per heavy atom. The van der Waals surface area contributed by atoms with E-state index in [1.807, 2.05) is 48.0 Å². The quantitative estimate of drug-likeness (QED) is 0.618. The first-order valence-corrected chi connectivity index (χ1v) is 9.06. The van der Waals surface area contributed by atoms with Gasteiger partial charge in [-0.1, -0.05) is 25.1 Å². The fraction of sp³-hybridized carbons (Fsp3) is 0.333. The molecule has 0 atom stereocenters. The largest absolute Gasteiger partial charge is 0.350 e. The normalized spacial score (nSPS) is 10.6. The van der Waals surface area contributed by atoms with Gasteiger partial charge in [-0.2, -0.15) is 5.10 Å². The molecule has 2 aromatic heterocycles. The summed E-state index contributed by atoms with van der Waals surface area (Å²) in [7, 11) is 0. The van der Waals surface area contributed by atoms with Crippen LogP contribution in [0.2, 0.25) is 0 Å². The van der Waals surface area contributed by atoms with Crippen molar-refractivity contribution in [1.82, 2.24) is 20.4 Å². The molecule has 3 aromatic rings. The highest BCUT2D eigenvalue weighted by atomic mass is 35.5. The maximum Gasteiger partial charge on any atom is 0.261 e. The number of rotatable bonds is 7. The molecule has 1 amide bonds. The highest BCUT2D eigenvalue weighted by Crippen LogP contribution is 2.30. The molecular formula is C18H23ClN4OS. The van der Waals surface area contributed by atoms with E-state index < -0.39 is 0 Å². The fourth-order valence-electron chi connectivity index (χ4n) is 2.56. The van der Waals surface area contributed by atoms with E-state index in [2.05, 4.69) is 22.7 Å². The van der Waals surface area contributed by atoms with E-state index in [0.29, 0.717) is 6.54 Å². The van der Waals surface area contributed by atoms with Crippen molar-refractivity contribution in [1.29, 1.82) is 0 Å². The summed E-state index contributed by atoms with van der Waals surface area (Å²) in [5.41, 5.74) is 1.95. The standard InChI is InChI=1S/C18H22N4OS.ClH/c1-3-9-19-10-11-20-17(23)16-12-15-13(2)21-22(18(15)24-16)14-7-5-4-6-8-14;/h4-8,12,19H,3,9-11H2,1-2H3,(H,20,23);1H. The third kappa shape index (κ3) is 4.39. The molecule has 0 saturated carbocycles. The van der Waals surface area contributed by atoms with Crippen LogP contribution < -0.4 is 10.6 Å². The predicted molar refractivity (Wildman–Crippen MR) is 106 cm³/mol. The molecule has 0 bridgehead atoms. The minimum Gasteiger partial charge on any atom is -0.350 e. The Balaban J connectivity index is 0.00000225. The van der Waals surface area contributed by atoms with Crippen molar-refractivity contribution < 1.29 is 4.79 Å². The second-order valence-corrected chi connectivity index (χ2v) is 6.70. The monoisotopic (exact) mass is 378 g/mol. The van der Waals surface area contributed by atoms with Crippen LogP contribution in [0.25, 0.3) is 15.9 Å². The van der Waals surface area contributed by atoms with Gasteiger partial charge < -0.3 is 10.6 Å². The van der Waals surface area contributed by atoms with Crippen molar-refractivity contribution in [2.24, 2.45) is 0 Å². The van der Waals surface area contributed by atoms with Crippen LogP contribution in [0.1, 0.15) is 28.7 Å². The predicted octanol–water partition coefficient (Wildman–Crippen LogP) is 3.55. The maximum absolute atomic E-state index is 12.3. The molecule has 25 heavy (non-hydrogen) atoms. The molecule has 0 spiro atoms. The van der Waals surface area contributed by atoms with Gasteiger partial charge in [0.25, 0.3) is 5.91 Å². The van der Waals surface area contributed by atoms with Crippen LogP contribution in [0.3, 0.4) is 0 Å². The minimum absolute atomic E-state index is 0. The number of halogens is 1. The lowest BCUT2D eigenvalue weighted by atomic mass is 10.3. The Morgan fingerprint density at radius 1 is 1.20 bits per heavy atom. The van der Waals surface area contributed by atoms with Gasteiger partial charge in [0.05, 0.1) is 16.3 Å². The molecule has 1 aromatic carbocycles. The van der Waals surface area contributed by atoms with Crippen molar-refractivity contribution in [2.45, 2.75) is 20.3 Å². The lowest BCUT2D eigenvalue weighted by Gasteiger charge is -2.04. The molecular weight excluding hydrogens is 356 g/mol. The summed E-state index contributed by atoms with van der Waals surface area (Å²) < 4.78 is 1.91. The van der Waals surface area contributed by atoms with Crippen molar-refractivity contribution in [2.75, 3.05) is 19.6 Å². The van der Waals surface area contributed by atoms with Crippen LogP contribution >= 0.6 is 23.7 Å². The van der Waals surface area contributed by atoms with Crippen molar-refractivity contribution in [3.05, 3.63) is 47.0 Å². The zero-order valence-electron chi connectivity index (χ0n) is 14.4. The SMILES string of the molecule is CCCNCCNC(=O)c1cc2c(C)nn(-c3ccccc3)c2s1.Cl. The lowest BCUT2D eigenvalue weighted by molar-refractivity contribution is 0.0958. The highest BCUT2D eigenvalue weighted by molar-refractivity contribution is 7.20. The summed E-state index contributed by atoms with van der Waals surface area (Å²) >= 11 is 1.48. The third-order valence-corrected chi connectivity index (χ3v) is 4.89. The molecule has 134 valence electrons. The molecule has 0 unspecified atom stereocenters. The van der Waals surface area contributed by atoms with Crippen molar-refractivity contribution in [3.63, 3.8) is 0 Å². The first-order valence-electron chi connectivity index (χ1n) is 8.24. The Hall–Kier alpha value is -1.89. The second-order valence-electron chi connectivity index (χ2n) is 5.67. The van der Waals surface area contributed by atoms with Gasteiger partial charge in [0, 0.05) is 18.5 Å². The fourth-order valence-corrected chi connectivity index (χ4v) is 3.66. The van der Waals surface area contributed by atoms with Gasteiger partial charge in [-0.15, -0.1) is 23.7 Å². The summed E-state index contributed by atoms with van der Waals surface area (Å²) in [5, 5.41) is 11.9. The van der Waals surface area contributed by atoms with Gasteiger partial charge in [-0.3, -0.25) is 4.79 Å². The number of para-hydroxylation sites is 1. The number of amides is 1. The van der Waals surface area contributed by atoms with E-state index in [1.165, 1.54) is 11.3 Å². The van der Waals surface area contributed by atoms with E-state index in [9.17, 15) is 4.79 Å². The van der Waals surface area contributed by atoms with E-state index in [-0.39, 0.29) is 18.3 Å². The van der Waals surface area contributed by atoms with Gasteiger partial charge in [-0.05, 0) is 38.1 Å². The number of carbonyl (C=O) groups excluding carboxylic acids is 1. The lowest BCUT2D eigenvalue weighted by Crippen LogP contribution is -2.31. The van der Waals surface area contributed by atoms with Gasteiger partial charge in [0.1, 0.15) is 4.83 Å². The molecule has 0 aliphatic heterocycles. The van der Waals surface area contributed by atoms with Crippen LogP contribution in [-0.4, -0.2) is 35.3 Å². The molecule has 0 radical (unpaired) electrons. The third-order valence-electron chi connectivity index (χ3n) is 3.78. The van der Waals surface area contributed by atoms with Crippen LogP contribution in [0.4, 0.5) is 0 Å². The summed E-state index contributed by atoms with van der Waals surface area (Å²) in [6.45, 7) is 6.51. The van der Waals surface area contributed by atoms with Crippen LogP contribution in [0, 0.1) is 6.92 Å². The topological polar surface area (TPSA) is 58.9 Å². The maximum atomic E-state index is 12.3. The number of aryl methyl sites for hydroxylation is 1. The van der Waals surface area contributed by atoms with E-state index in [0.717, 1.165) is 46.0 Å². The first kappa shape index (κ1) is 19.4. The first-order chi connectivity index (χ1) is 11.7. The van der Waals surface area contributed by atoms with Gasteiger partial charge in [0.15, 0.2) is 0 Å². The highest BCUT2D eigenvalue weighted by Gasteiger charge is 2.16. The number of thiophene rings is 1. The Morgan fingerprint density at radius 2 is 1.96 bits per heavy atom. The van der Waals surface area contributed by atoms with E-state index >= 15 is 0 Å². The number of nitrogens with one attached hydrogen (secondary N) is 2. The molecule has 2 N–H and O–H groups in total. The Labute approximate surface area is 157 Å². The molecule has 2 heterocycles. The summed E-state index contributed by atoms with van der Waals surface area (Å²) in [6.07, 6.45) is 1.10. The van der Waals surface area contributed by atoms with Crippen molar-refractivity contribution >= 4 is 39.9 Å². The van der Waals surface area contributed by atoms with Crippen LogP contribution in [0.15, 0.2) is 36.4 Å². The van der Waals surface area contributed by atoms with Crippen LogP contribution in [0.5, 0.6) is 0 Å². The zero-order chi connectivity index (χ0) is 16.9. The average Bonchev–Trinajstić information content (AvgIpc) is 3.16. The summed E-state index contributed by atoms with van der Waals surface area (Å²) in [6, 6.07) is 11.9. The zero-order valence-corrected chi connectivity index (χ0v) is 16.0. The van der Waals surface area contributed by atoms with Crippen molar-refractivity contribution in [3.8, 4) is 5.69 Å². The van der Waals surface area contributed by atoms with E-state index in [1.54, 1.807) is 0 Å². The minimum atomic E-state index is -0.0199. The van der Waals surface area contributed by atoms with Gasteiger partial charge >= 0.3 is 0 Å². The smallest absolute Gasteiger partial charge is 0.261 e. The molecule has 7 heteroatoms. The number of nitrogens with zero attached hydrogens (tertiary/aromatic N) is 2. The van der Waals surface area contributed by atoms with Gasteiger partial charge in [-0.25, -0.2) is 4.68 Å². The number of hydrogen-bond acceptors (Lipinski definition) is 4. The van der Waals surface area contributed by atoms with E-state index in [4.69, 9.17) is 0 Å². The number of aromatic nitrogens is 2.